The largest absolute Gasteiger partial charge is 0.390 e. The summed E-state index contributed by atoms with van der Waals surface area (Å²) in [7, 11) is 3.37. The quantitative estimate of drug-likeness (QED) is 0.244. The molecule has 3 rings (SSSR count). The Balaban J connectivity index is 1.81. The molecule has 4 N–H and O–H groups in total. The molecule has 0 radical (unpaired) electrons. The number of carbonyl (C=O) groups excluding carboxylic acids is 3. The number of aromatic nitrogens is 1. The molecular formula is C33H57N5O5S. The van der Waals surface area contributed by atoms with Crippen LogP contribution in [-0.2, 0) is 20.9 Å². The number of thiazole rings is 1. The molecule has 0 unspecified atom stereocenters. The lowest BCUT2D eigenvalue weighted by Gasteiger charge is -2.39. The van der Waals surface area contributed by atoms with Gasteiger partial charge in [-0.15, -0.1) is 11.3 Å². The second-order valence-electron chi connectivity index (χ2n) is 13.8. The Morgan fingerprint density at radius 1 is 0.932 bits per heavy atom. The Kier molecular flexibility index (Phi) is 14.9. The van der Waals surface area contributed by atoms with Gasteiger partial charge in [0, 0.05) is 38.9 Å². The average Bonchev–Trinajstić information content (AvgIpc) is 3.41. The summed E-state index contributed by atoms with van der Waals surface area (Å²) in [4.78, 5) is 49.4. The summed E-state index contributed by atoms with van der Waals surface area (Å²) in [6.45, 7) is 4.67. The van der Waals surface area contributed by atoms with Gasteiger partial charge in [0.25, 0.3) is 0 Å². The van der Waals surface area contributed by atoms with Crippen LogP contribution in [0.2, 0.25) is 0 Å². The van der Waals surface area contributed by atoms with Crippen molar-refractivity contribution in [1.82, 2.24) is 19.7 Å². The molecule has 3 amide bonds. The van der Waals surface area contributed by atoms with E-state index in [9.17, 15) is 24.6 Å². The van der Waals surface area contributed by atoms with Gasteiger partial charge in [0.1, 0.15) is 6.10 Å². The molecular weight excluding hydrogens is 578 g/mol. The first-order valence-corrected chi connectivity index (χ1v) is 17.7. The highest BCUT2D eigenvalue weighted by molar-refractivity contribution is 7.13. The van der Waals surface area contributed by atoms with E-state index in [1.165, 1.54) is 29.1 Å². The highest BCUT2D eigenvalue weighted by atomic mass is 32.1. The summed E-state index contributed by atoms with van der Waals surface area (Å²) in [5, 5.41) is 24.8. The standard InChI is InChI=1S/C33H57N5O5S/c1-23(2)17-28(39)32(43)27(18-24-11-7-5-8-12-24)38(20-26-22-44-33(34)35-26)30(41)16-15-29(40)37(21-31(42)36(3)4)19-25-13-9-6-10-14-25/h22-25,27-28,32,39,43H,5-21H2,1-4H3,(H2,34,35)/t27-,28-,32+/m0/s1. The van der Waals surface area contributed by atoms with Crippen LogP contribution in [0.4, 0.5) is 5.13 Å². The van der Waals surface area contributed by atoms with Gasteiger partial charge < -0.3 is 30.6 Å². The molecule has 0 aromatic carbocycles. The number of nitrogens with zero attached hydrogens (tertiary/aromatic N) is 4. The third kappa shape index (κ3) is 11.6. The van der Waals surface area contributed by atoms with Crippen LogP contribution in [-0.4, -0.2) is 93.1 Å². The van der Waals surface area contributed by atoms with Crippen molar-refractivity contribution in [2.24, 2.45) is 17.8 Å². The first kappa shape index (κ1) is 36.2. The number of carbonyl (C=O) groups is 3. The van der Waals surface area contributed by atoms with E-state index in [1.54, 1.807) is 23.9 Å². The molecule has 0 spiro atoms. The van der Waals surface area contributed by atoms with Crippen molar-refractivity contribution >= 4 is 34.2 Å². The molecule has 2 aliphatic carbocycles. The molecule has 1 aromatic rings. The molecule has 2 saturated carbocycles. The van der Waals surface area contributed by atoms with Crippen LogP contribution in [0.1, 0.15) is 109 Å². The molecule has 2 aliphatic rings. The van der Waals surface area contributed by atoms with Crippen molar-refractivity contribution < 1.29 is 24.6 Å². The minimum atomic E-state index is -1.13. The summed E-state index contributed by atoms with van der Waals surface area (Å²) in [5.74, 6) is 0.269. The summed E-state index contributed by atoms with van der Waals surface area (Å²) >= 11 is 1.30. The predicted octanol–water partition coefficient (Wildman–Crippen LogP) is 4.44. The van der Waals surface area contributed by atoms with E-state index in [0.717, 1.165) is 51.4 Å². The SMILES string of the molecule is CC(C)C[C@H](O)[C@H](O)[C@H](CC1CCCCC1)N(Cc1csc(N)n1)C(=O)CCC(=O)N(CC(=O)N(C)C)CC1CCCCC1. The molecule has 0 bridgehead atoms. The Bertz CT molecular complexity index is 1040. The fraction of sp³-hybridized carbons (Fsp3) is 0.818. The first-order chi connectivity index (χ1) is 20.9. The fourth-order valence-electron chi connectivity index (χ4n) is 6.81. The van der Waals surface area contributed by atoms with Crippen molar-refractivity contribution in [3.8, 4) is 0 Å². The topological polar surface area (TPSA) is 140 Å². The zero-order valence-corrected chi connectivity index (χ0v) is 28.3. The lowest BCUT2D eigenvalue weighted by atomic mass is 9.81. The van der Waals surface area contributed by atoms with Gasteiger partial charge in [-0.3, -0.25) is 14.4 Å². The van der Waals surface area contributed by atoms with Gasteiger partial charge in [0.2, 0.25) is 17.7 Å². The maximum Gasteiger partial charge on any atom is 0.241 e. The Morgan fingerprint density at radius 2 is 1.52 bits per heavy atom. The van der Waals surface area contributed by atoms with Crippen molar-refractivity contribution in [1.29, 1.82) is 0 Å². The lowest BCUT2D eigenvalue weighted by Crippen LogP contribution is -2.52. The van der Waals surface area contributed by atoms with Crippen LogP contribution in [0, 0.1) is 17.8 Å². The van der Waals surface area contributed by atoms with E-state index < -0.39 is 18.2 Å². The van der Waals surface area contributed by atoms with Crippen LogP contribution in [0.3, 0.4) is 0 Å². The Hall–Kier alpha value is -2.24. The zero-order chi connectivity index (χ0) is 32.2. The summed E-state index contributed by atoms with van der Waals surface area (Å²) in [6.07, 6.45) is 9.87. The third-order valence-electron chi connectivity index (χ3n) is 9.36. The van der Waals surface area contributed by atoms with Gasteiger partial charge >= 0.3 is 0 Å². The normalized spacial score (nSPS) is 18.5. The number of amides is 3. The number of nitrogen functional groups attached to an aromatic ring is 1. The van der Waals surface area contributed by atoms with Gasteiger partial charge in [-0.1, -0.05) is 65.2 Å². The Labute approximate surface area is 268 Å². The molecule has 11 heteroatoms. The van der Waals surface area contributed by atoms with Crippen LogP contribution in [0.15, 0.2) is 5.38 Å². The lowest BCUT2D eigenvalue weighted by molar-refractivity contribution is -0.145. The molecule has 10 nitrogen and oxygen atoms in total. The second-order valence-corrected chi connectivity index (χ2v) is 14.6. The van der Waals surface area contributed by atoms with E-state index in [1.807, 2.05) is 19.2 Å². The van der Waals surface area contributed by atoms with Crippen LogP contribution < -0.4 is 5.73 Å². The van der Waals surface area contributed by atoms with Gasteiger partial charge in [-0.05, 0) is 43.4 Å². The molecule has 0 aliphatic heterocycles. The number of aliphatic hydroxyl groups is 2. The number of hydrogen-bond acceptors (Lipinski definition) is 8. The van der Waals surface area contributed by atoms with Gasteiger partial charge in [-0.2, -0.15) is 0 Å². The number of anilines is 1. The number of aliphatic hydroxyl groups excluding tert-OH is 2. The fourth-order valence-corrected chi connectivity index (χ4v) is 7.36. The maximum absolute atomic E-state index is 14.1. The average molecular weight is 636 g/mol. The molecule has 1 aromatic heterocycles. The third-order valence-corrected chi connectivity index (χ3v) is 10.1. The smallest absolute Gasteiger partial charge is 0.241 e. The molecule has 1 heterocycles. The molecule has 0 saturated heterocycles. The van der Waals surface area contributed by atoms with Crippen molar-refractivity contribution in [2.75, 3.05) is 32.9 Å². The van der Waals surface area contributed by atoms with E-state index >= 15 is 0 Å². The summed E-state index contributed by atoms with van der Waals surface area (Å²) in [6, 6.07) is -0.619. The highest BCUT2D eigenvalue weighted by Gasteiger charge is 2.37. The predicted molar refractivity (Wildman–Crippen MR) is 175 cm³/mol. The van der Waals surface area contributed by atoms with Crippen LogP contribution in [0.5, 0.6) is 0 Å². The van der Waals surface area contributed by atoms with E-state index in [4.69, 9.17) is 5.73 Å². The van der Waals surface area contributed by atoms with Gasteiger partial charge in [0.05, 0.1) is 30.9 Å². The highest BCUT2D eigenvalue weighted by Crippen LogP contribution is 2.32. The summed E-state index contributed by atoms with van der Waals surface area (Å²) in [5.41, 5.74) is 6.55. The van der Waals surface area contributed by atoms with Crippen molar-refractivity contribution in [3.05, 3.63) is 11.1 Å². The van der Waals surface area contributed by atoms with E-state index in [-0.39, 0.29) is 49.6 Å². The van der Waals surface area contributed by atoms with Gasteiger partial charge in [0.15, 0.2) is 5.13 Å². The Morgan fingerprint density at radius 3 is 2.07 bits per heavy atom. The molecule has 44 heavy (non-hydrogen) atoms. The molecule has 250 valence electrons. The van der Waals surface area contributed by atoms with Crippen molar-refractivity contribution in [3.63, 3.8) is 0 Å². The zero-order valence-electron chi connectivity index (χ0n) is 27.5. The van der Waals surface area contributed by atoms with Crippen LogP contribution in [0.25, 0.3) is 0 Å². The number of rotatable bonds is 16. The van der Waals surface area contributed by atoms with E-state index in [2.05, 4.69) is 4.98 Å². The minimum Gasteiger partial charge on any atom is -0.390 e. The van der Waals surface area contributed by atoms with Gasteiger partial charge in [-0.25, -0.2) is 4.98 Å². The molecule has 3 atom stereocenters. The van der Waals surface area contributed by atoms with E-state index in [0.29, 0.717) is 42.0 Å². The maximum atomic E-state index is 14.1. The minimum absolute atomic E-state index is 0.00273. The van der Waals surface area contributed by atoms with Crippen molar-refractivity contribution in [2.45, 2.75) is 129 Å². The number of likely N-dealkylation sites (N-methyl/N-ethyl adjacent to an activating group) is 1. The molecule has 2 fully saturated rings. The van der Waals surface area contributed by atoms with Crippen LogP contribution >= 0.6 is 11.3 Å². The monoisotopic (exact) mass is 635 g/mol. The summed E-state index contributed by atoms with van der Waals surface area (Å²) < 4.78 is 0. The number of hydrogen-bond donors (Lipinski definition) is 3. The second kappa shape index (κ2) is 18.0. The first-order valence-electron chi connectivity index (χ1n) is 16.8. The number of nitrogens with two attached hydrogens (primary N) is 1.